The number of aryl methyl sites for hydroxylation is 2. The Balaban J connectivity index is 1.67. The van der Waals surface area contributed by atoms with Gasteiger partial charge in [-0.05, 0) is 55.5 Å². The molecule has 0 fully saturated rings. The van der Waals surface area contributed by atoms with Crippen LogP contribution in [-0.4, -0.2) is 72.9 Å². The molecule has 33 heavy (non-hydrogen) atoms. The first-order valence-corrected chi connectivity index (χ1v) is 12.5. The standard InChI is InChI=1S/C26H36N2O4S/c1-5-12-31-17-21(29)15-27(6-2)16-26(30)28-11-9-25-22(10-13-33-25)23(28)18-32-24-8-7-19(3)14-20(24)4/h5,7-8,10,13-14,21,23,29H,1,6,9,11-12,15-18H2,2-4H3/t21-,23+/m1/s1. The molecule has 1 aromatic carbocycles. The third-order valence-electron chi connectivity index (χ3n) is 5.96. The number of nitrogens with zero attached hydrogens (tertiary/aromatic N) is 2. The van der Waals surface area contributed by atoms with Gasteiger partial charge in [-0.1, -0.05) is 30.7 Å². The molecule has 7 heteroatoms. The topological polar surface area (TPSA) is 62.2 Å². The number of thiophene rings is 1. The Labute approximate surface area is 201 Å². The lowest BCUT2D eigenvalue weighted by Crippen LogP contribution is -2.48. The van der Waals surface area contributed by atoms with E-state index < -0.39 is 6.10 Å². The fourth-order valence-corrected chi connectivity index (χ4v) is 5.16. The maximum Gasteiger partial charge on any atom is 0.237 e. The number of carbonyl (C=O) groups is 1. The first kappa shape index (κ1) is 25.4. The van der Waals surface area contributed by atoms with Crippen LogP contribution in [0.15, 0.2) is 42.3 Å². The van der Waals surface area contributed by atoms with Gasteiger partial charge in [-0.3, -0.25) is 9.69 Å². The Morgan fingerprint density at radius 3 is 2.94 bits per heavy atom. The minimum atomic E-state index is -0.647. The summed E-state index contributed by atoms with van der Waals surface area (Å²) < 4.78 is 11.6. The number of hydrogen-bond acceptors (Lipinski definition) is 6. The molecule has 2 atom stereocenters. The molecule has 0 radical (unpaired) electrons. The van der Waals surface area contributed by atoms with Gasteiger partial charge in [0.1, 0.15) is 12.4 Å². The molecule has 1 aromatic heterocycles. The van der Waals surface area contributed by atoms with Gasteiger partial charge in [0, 0.05) is 18.0 Å². The van der Waals surface area contributed by atoms with Crippen LogP contribution in [-0.2, 0) is 16.0 Å². The molecule has 2 aromatic rings. The van der Waals surface area contributed by atoms with E-state index in [1.807, 2.05) is 35.8 Å². The van der Waals surface area contributed by atoms with Crippen molar-refractivity contribution in [2.45, 2.75) is 39.3 Å². The number of carbonyl (C=O) groups excluding carboxylic acids is 1. The lowest BCUT2D eigenvalue weighted by molar-refractivity contribution is -0.136. The molecule has 6 nitrogen and oxygen atoms in total. The molecule has 0 saturated heterocycles. The second-order valence-electron chi connectivity index (χ2n) is 8.54. The number of ether oxygens (including phenoxy) is 2. The molecule has 1 aliphatic heterocycles. The SMILES string of the molecule is C=CCOC[C@H](O)CN(CC)CC(=O)N1CCc2sccc2[C@@H]1COc1ccc(C)cc1C. The van der Waals surface area contributed by atoms with Crippen molar-refractivity contribution in [1.29, 1.82) is 0 Å². The van der Waals surface area contributed by atoms with Gasteiger partial charge in [-0.2, -0.15) is 0 Å². The highest BCUT2D eigenvalue weighted by Crippen LogP contribution is 2.34. The fourth-order valence-electron chi connectivity index (χ4n) is 4.23. The van der Waals surface area contributed by atoms with Gasteiger partial charge < -0.3 is 19.5 Å². The second-order valence-corrected chi connectivity index (χ2v) is 9.54. The number of benzene rings is 1. The first-order valence-electron chi connectivity index (χ1n) is 11.6. The third kappa shape index (κ3) is 6.90. The highest BCUT2D eigenvalue weighted by atomic mass is 32.1. The minimum Gasteiger partial charge on any atom is -0.491 e. The van der Waals surface area contributed by atoms with Crippen LogP contribution in [0.2, 0.25) is 0 Å². The van der Waals surface area contributed by atoms with Crippen molar-refractivity contribution in [3.8, 4) is 5.75 Å². The van der Waals surface area contributed by atoms with E-state index in [1.165, 1.54) is 16.0 Å². The summed E-state index contributed by atoms with van der Waals surface area (Å²) >= 11 is 1.75. The Morgan fingerprint density at radius 1 is 1.39 bits per heavy atom. The quantitative estimate of drug-likeness (QED) is 0.377. The van der Waals surface area contributed by atoms with Gasteiger partial charge in [0.2, 0.25) is 5.91 Å². The predicted molar refractivity (Wildman–Crippen MR) is 133 cm³/mol. The van der Waals surface area contributed by atoms with Gasteiger partial charge in [-0.15, -0.1) is 17.9 Å². The number of hydrogen-bond donors (Lipinski definition) is 1. The zero-order valence-electron chi connectivity index (χ0n) is 20.0. The van der Waals surface area contributed by atoms with E-state index in [0.717, 1.165) is 17.7 Å². The third-order valence-corrected chi connectivity index (χ3v) is 6.96. The van der Waals surface area contributed by atoms with Gasteiger partial charge in [0.05, 0.1) is 31.9 Å². The maximum absolute atomic E-state index is 13.4. The molecule has 180 valence electrons. The normalized spacial score (nSPS) is 16.5. The summed E-state index contributed by atoms with van der Waals surface area (Å²) in [6.45, 7) is 12.8. The van der Waals surface area contributed by atoms with Crippen LogP contribution in [0.4, 0.5) is 0 Å². The number of likely N-dealkylation sites (N-methyl/N-ethyl adjacent to an activating group) is 1. The van der Waals surface area contributed by atoms with Crippen molar-refractivity contribution in [3.05, 3.63) is 63.9 Å². The van der Waals surface area contributed by atoms with Crippen molar-refractivity contribution in [3.63, 3.8) is 0 Å². The van der Waals surface area contributed by atoms with Crippen LogP contribution in [0.25, 0.3) is 0 Å². The molecule has 0 aliphatic carbocycles. The van der Waals surface area contributed by atoms with Crippen molar-refractivity contribution in [2.75, 3.05) is 46.0 Å². The molecular formula is C26H36N2O4S. The summed E-state index contributed by atoms with van der Waals surface area (Å²) in [6, 6.07) is 8.16. The van der Waals surface area contributed by atoms with Gasteiger partial charge in [0.15, 0.2) is 0 Å². The van der Waals surface area contributed by atoms with Crippen LogP contribution in [0.5, 0.6) is 5.75 Å². The first-order chi connectivity index (χ1) is 15.9. The molecule has 3 rings (SSSR count). The van der Waals surface area contributed by atoms with E-state index in [4.69, 9.17) is 9.47 Å². The van der Waals surface area contributed by atoms with Crippen LogP contribution in [0.3, 0.4) is 0 Å². The highest BCUT2D eigenvalue weighted by Gasteiger charge is 2.33. The predicted octanol–water partition coefficient (Wildman–Crippen LogP) is 3.76. The van der Waals surface area contributed by atoms with Gasteiger partial charge >= 0.3 is 0 Å². The van der Waals surface area contributed by atoms with Crippen molar-refractivity contribution in [2.24, 2.45) is 0 Å². The summed E-state index contributed by atoms with van der Waals surface area (Å²) in [5.74, 6) is 0.912. The summed E-state index contributed by atoms with van der Waals surface area (Å²) in [5, 5.41) is 12.4. The summed E-state index contributed by atoms with van der Waals surface area (Å²) in [6.07, 6.45) is 1.87. The van der Waals surface area contributed by atoms with E-state index in [9.17, 15) is 9.90 Å². The molecule has 2 heterocycles. The molecule has 0 bridgehead atoms. The molecule has 1 N–H and O–H groups in total. The van der Waals surface area contributed by atoms with E-state index in [-0.39, 0.29) is 25.1 Å². The number of rotatable bonds is 12. The minimum absolute atomic E-state index is 0.0575. The number of aliphatic hydroxyl groups is 1. The molecule has 0 saturated carbocycles. The Bertz CT molecular complexity index is 929. The smallest absolute Gasteiger partial charge is 0.237 e. The molecule has 1 aliphatic rings. The Kier molecular flexibility index (Phi) is 9.50. The fraction of sp³-hybridized carbons (Fsp3) is 0.500. The average Bonchev–Trinajstić information content (AvgIpc) is 3.27. The van der Waals surface area contributed by atoms with Gasteiger partial charge in [-0.25, -0.2) is 0 Å². The second kappa shape index (κ2) is 12.3. The summed E-state index contributed by atoms with van der Waals surface area (Å²) in [4.78, 5) is 18.6. The van der Waals surface area contributed by atoms with Crippen LogP contribution >= 0.6 is 11.3 Å². The van der Waals surface area contributed by atoms with E-state index in [1.54, 1.807) is 17.4 Å². The molecule has 0 spiro atoms. The van der Waals surface area contributed by atoms with Crippen LogP contribution < -0.4 is 4.74 Å². The number of aliphatic hydroxyl groups excluding tert-OH is 1. The van der Waals surface area contributed by atoms with Crippen molar-refractivity contribution >= 4 is 17.2 Å². The summed E-state index contributed by atoms with van der Waals surface area (Å²) in [7, 11) is 0. The Morgan fingerprint density at radius 2 is 2.21 bits per heavy atom. The largest absolute Gasteiger partial charge is 0.491 e. The lowest BCUT2D eigenvalue weighted by atomic mass is 10.00. The zero-order chi connectivity index (χ0) is 23.8. The number of amides is 1. The monoisotopic (exact) mass is 472 g/mol. The van der Waals surface area contributed by atoms with Crippen LogP contribution in [0.1, 0.15) is 34.5 Å². The lowest BCUT2D eigenvalue weighted by Gasteiger charge is -2.37. The maximum atomic E-state index is 13.4. The molecule has 1 amide bonds. The summed E-state index contributed by atoms with van der Waals surface area (Å²) in [5.41, 5.74) is 3.48. The number of fused-ring (bicyclic) bond motifs is 1. The zero-order valence-corrected chi connectivity index (χ0v) is 20.8. The Hall–Kier alpha value is -2.19. The molecule has 0 unspecified atom stereocenters. The average molecular weight is 473 g/mol. The van der Waals surface area contributed by atoms with Crippen molar-refractivity contribution in [1.82, 2.24) is 9.80 Å². The van der Waals surface area contributed by atoms with Gasteiger partial charge in [0.25, 0.3) is 0 Å². The van der Waals surface area contributed by atoms with Crippen LogP contribution in [0, 0.1) is 13.8 Å². The highest BCUT2D eigenvalue weighted by molar-refractivity contribution is 7.10. The van der Waals surface area contributed by atoms with E-state index in [2.05, 4.69) is 31.0 Å². The molecular weight excluding hydrogens is 436 g/mol. The van der Waals surface area contributed by atoms with Crippen molar-refractivity contribution < 1.29 is 19.4 Å². The van der Waals surface area contributed by atoms with E-state index >= 15 is 0 Å². The van der Waals surface area contributed by atoms with E-state index in [0.29, 0.717) is 32.8 Å².